The molecule has 1 saturated heterocycles. The molecule has 1 fully saturated rings. The lowest BCUT2D eigenvalue weighted by Gasteiger charge is -2.32. The third-order valence-corrected chi connectivity index (χ3v) is 4.86. The second kappa shape index (κ2) is 7.41. The highest BCUT2D eigenvalue weighted by Gasteiger charge is 2.27. The van der Waals surface area contributed by atoms with E-state index in [-0.39, 0.29) is 11.8 Å². The number of hydrogen-bond donors (Lipinski definition) is 1. The van der Waals surface area contributed by atoms with E-state index in [1.165, 1.54) is 0 Å². The zero-order valence-electron chi connectivity index (χ0n) is 16.2. The van der Waals surface area contributed by atoms with E-state index in [9.17, 15) is 4.79 Å². The molecular formula is C19H23N7O2. The van der Waals surface area contributed by atoms with Crippen molar-refractivity contribution in [2.24, 2.45) is 5.92 Å². The Bertz CT molecular complexity index is 994. The lowest BCUT2D eigenvalue weighted by atomic mass is 9.97. The Morgan fingerprint density at radius 3 is 2.68 bits per heavy atom. The second-order valence-corrected chi connectivity index (χ2v) is 7.18. The molecular weight excluding hydrogens is 358 g/mol. The summed E-state index contributed by atoms with van der Waals surface area (Å²) >= 11 is 0. The third-order valence-electron chi connectivity index (χ3n) is 4.86. The van der Waals surface area contributed by atoms with Crippen LogP contribution in [-0.2, 0) is 4.79 Å². The molecule has 9 heteroatoms. The Morgan fingerprint density at radius 2 is 1.96 bits per heavy atom. The predicted molar refractivity (Wildman–Crippen MR) is 103 cm³/mol. The average molecular weight is 381 g/mol. The van der Waals surface area contributed by atoms with Gasteiger partial charge >= 0.3 is 0 Å². The summed E-state index contributed by atoms with van der Waals surface area (Å²) < 4.78 is 6.90. The Labute approximate surface area is 162 Å². The number of aryl methyl sites for hydroxylation is 3. The molecule has 4 rings (SSSR count). The molecule has 0 spiro atoms. The van der Waals surface area contributed by atoms with Crippen LogP contribution in [0, 0.1) is 26.7 Å². The van der Waals surface area contributed by atoms with Crippen LogP contribution in [0.4, 0.5) is 11.7 Å². The van der Waals surface area contributed by atoms with Crippen molar-refractivity contribution >= 4 is 17.6 Å². The van der Waals surface area contributed by atoms with Crippen molar-refractivity contribution in [1.29, 1.82) is 0 Å². The highest BCUT2D eigenvalue weighted by molar-refractivity contribution is 5.91. The fourth-order valence-corrected chi connectivity index (χ4v) is 3.53. The highest BCUT2D eigenvalue weighted by Crippen LogP contribution is 2.24. The summed E-state index contributed by atoms with van der Waals surface area (Å²) in [7, 11) is 0. The topological polar surface area (TPSA) is 102 Å². The molecule has 146 valence electrons. The van der Waals surface area contributed by atoms with Crippen LogP contribution in [0.5, 0.6) is 0 Å². The van der Waals surface area contributed by atoms with Crippen molar-refractivity contribution in [3.63, 3.8) is 0 Å². The van der Waals surface area contributed by atoms with Crippen LogP contribution < -0.4 is 10.2 Å². The van der Waals surface area contributed by atoms with Crippen molar-refractivity contribution in [2.45, 2.75) is 33.6 Å². The van der Waals surface area contributed by atoms with Gasteiger partial charge in [-0.25, -0.2) is 14.6 Å². The largest absolute Gasteiger partial charge is 0.356 e. The summed E-state index contributed by atoms with van der Waals surface area (Å²) in [5, 5.41) is 11.1. The Morgan fingerprint density at radius 1 is 1.14 bits per heavy atom. The maximum atomic E-state index is 12.6. The molecule has 3 aromatic heterocycles. The Hall–Kier alpha value is -3.23. The summed E-state index contributed by atoms with van der Waals surface area (Å²) in [4.78, 5) is 23.5. The first-order valence-corrected chi connectivity index (χ1v) is 9.34. The molecule has 0 aromatic carbocycles. The van der Waals surface area contributed by atoms with E-state index in [0.717, 1.165) is 48.1 Å². The molecule has 0 radical (unpaired) electrons. The number of nitrogens with one attached hydrogen (secondary N) is 1. The molecule has 0 aliphatic carbocycles. The number of amides is 1. The van der Waals surface area contributed by atoms with Crippen LogP contribution in [0.2, 0.25) is 0 Å². The molecule has 4 heterocycles. The van der Waals surface area contributed by atoms with E-state index >= 15 is 0 Å². The number of nitrogens with zero attached hydrogens (tertiary/aromatic N) is 6. The second-order valence-electron chi connectivity index (χ2n) is 7.18. The first-order valence-electron chi connectivity index (χ1n) is 9.34. The van der Waals surface area contributed by atoms with E-state index in [1.54, 1.807) is 17.1 Å². The lowest BCUT2D eigenvalue weighted by Crippen LogP contribution is -2.41. The summed E-state index contributed by atoms with van der Waals surface area (Å²) in [5.41, 5.74) is 2.69. The van der Waals surface area contributed by atoms with Crippen molar-refractivity contribution in [2.75, 3.05) is 23.3 Å². The molecule has 1 aliphatic heterocycles. The lowest BCUT2D eigenvalue weighted by molar-refractivity contribution is -0.120. The van der Waals surface area contributed by atoms with E-state index in [1.807, 2.05) is 32.9 Å². The van der Waals surface area contributed by atoms with Crippen molar-refractivity contribution < 1.29 is 9.32 Å². The number of aromatic nitrogens is 5. The van der Waals surface area contributed by atoms with Crippen LogP contribution in [0.3, 0.4) is 0 Å². The van der Waals surface area contributed by atoms with Crippen molar-refractivity contribution in [1.82, 2.24) is 24.9 Å². The summed E-state index contributed by atoms with van der Waals surface area (Å²) in [6.45, 7) is 7.20. The molecule has 1 N–H and O–H groups in total. The van der Waals surface area contributed by atoms with Gasteiger partial charge in [-0.3, -0.25) is 10.1 Å². The number of carbonyl (C=O) groups is 1. The normalized spacial score (nSPS) is 17.0. The molecule has 0 saturated carbocycles. The van der Waals surface area contributed by atoms with Gasteiger partial charge in [0, 0.05) is 30.9 Å². The first kappa shape index (κ1) is 18.1. The number of carbonyl (C=O) groups excluding carboxylic acids is 1. The number of piperidine rings is 1. The fourth-order valence-electron chi connectivity index (χ4n) is 3.53. The van der Waals surface area contributed by atoms with Gasteiger partial charge in [0.25, 0.3) is 0 Å². The van der Waals surface area contributed by atoms with Crippen LogP contribution in [0.15, 0.2) is 29.0 Å². The maximum Gasteiger partial charge on any atom is 0.231 e. The Balaban J connectivity index is 1.49. The third kappa shape index (κ3) is 3.73. The maximum absolute atomic E-state index is 12.6. The zero-order valence-corrected chi connectivity index (χ0v) is 16.2. The van der Waals surface area contributed by atoms with Crippen molar-refractivity contribution in [3.05, 3.63) is 41.6 Å². The van der Waals surface area contributed by atoms with Gasteiger partial charge in [0.2, 0.25) is 11.8 Å². The van der Waals surface area contributed by atoms with Crippen molar-refractivity contribution in [3.8, 4) is 5.82 Å². The molecule has 28 heavy (non-hydrogen) atoms. The predicted octanol–water partition coefficient (Wildman–Crippen LogP) is 2.43. The molecule has 3 aromatic rings. The number of rotatable bonds is 4. The van der Waals surface area contributed by atoms with E-state index in [0.29, 0.717) is 12.4 Å². The average Bonchev–Trinajstić information content (AvgIpc) is 3.26. The van der Waals surface area contributed by atoms with Gasteiger partial charge in [-0.2, -0.15) is 5.10 Å². The zero-order chi connectivity index (χ0) is 19.7. The van der Waals surface area contributed by atoms with Gasteiger partial charge in [-0.1, -0.05) is 5.16 Å². The highest BCUT2D eigenvalue weighted by atomic mass is 16.5. The number of hydrogen-bond acceptors (Lipinski definition) is 7. The van der Waals surface area contributed by atoms with Crippen LogP contribution in [0.25, 0.3) is 5.82 Å². The molecule has 0 bridgehead atoms. The summed E-state index contributed by atoms with van der Waals surface area (Å²) in [5.74, 6) is 1.69. The minimum Gasteiger partial charge on any atom is -0.356 e. The number of anilines is 2. The van der Waals surface area contributed by atoms with Crippen LogP contribution in [-0.4, -0.2) is 43.9 Å². The Kier molecular flexibility index (Phi) is 4.81. The quantitative estimate of drug-likeness (QED) is 0.740. The molecule has 1 amide bonds. The summed E-state index contributed by atoms with van der Waals surface area (Å²) in [6.07, 6.45) is 3.28. The van der Waals surface area contributed by atoms with Gasteiger partial charge < -0.3 is 9.42 Å². The van der Waals surface area contributed by atoms with Gasteiger partial charge in [0.05, 0.1) is 17.3 Å². The summed E-state index contributed by atoms with van der Waals surface area (Å²) in [6, 6.07) is 5.64. The van der Waals surface area contributed by atoms with Gasteiger partial charge in [-0.05, 0) is 39.7 Å². The fraction of sp³-hybridized carbons (Fsp3) is 0.421. The SMILES string of the molecule is Cc1cc(NC(=O)C2CCCN(c3cc(-n4nc(C)cc4C)ncn3)C2)on1. The van der Waals surface area contributed by atoms with Crippen LogP contribution >= 0.6 is 0 Å². The van der Waals surface area contributed by atoms with Gasteiger partial charge in [0.15, 0.2) is 5.82 Å². The molecule has 1 atom stereocenters. The molecule has 1 unspecified atom stereocenters. The van der Waals surface area contributed by atoms with Crippen LogP contribution in [0.1, 0.15) is 29.9 Å². The standard InChI is InChI=1S/C19H23N7O2/c1-12-7-14(3)26(23-12)17-9-16(20-11-21-17)25-6-4-5-15(10-25)19(27)22-18-8-13(2)24-28-18/h7-9,11,15H,4-6,10H2,1-3H3,(H,22,27). The smallest absolute Gasteiger partial charge is 0.231 e. The first-order chi connectivity index (χ1) is 13.5. The monoisotopic (exact) mass is 381 g/mol. The molecule has 1 aliphatic rings. The minimum absolute atomic E-state index is 0.0614. The van der Waals surface area contributed by atoms with Gasteiger partial charge in [-0.15, -0.1) is 0 Å². The van der Waals surface area contributed by atoms with E-state index in [4.69, 9.17) is 4.52 Å². The minimum atomic E-state index is -0.147. The van der Waals surface area contributed by atoms with E-state index in [2.05, 4.69) is 30.4 Å². The van der Waals surface area contributed by atoms with Gasteiger partial charge in [0.1, 0.15) is 12.1 Å². The molecule has 9 nitrogen and oxygen atoms in total. The van der Waals surface area contributed by atoms with E-state index < -0.39 is 0 Å².